The molecule has 0 saturated heterocycles. The van der Waals surface area contributed by atoms with E-state index in [1.807, 2.05) is 11.3 Å². The van der Waals surface area contributed by atoms with E-state index in [0.717, 1.165) is 19.5 Å². The van der Waals surface area contributed by atoms with Gasteiger partial charge >= 0.3 is 0 Å². The summed E-state index contributed by atoms with van der Waals surface area (Å²) < 4.78 is 1.17. The third-order valence-electron chi connectivity index (χ3n) is 3.67. The molecule has 1 aromatic heterocycles. The summed E-state index contributed by atoms with van der Waals surface area (Å²) in [6.07, 6.45) is 1.09. The topological polar surface area (TPSA) is 15.3 Å². The fraction of sp³-hybridized carbons (Fsp3) is 0.412. The first-order chi connectivity index (χ1) is 10.1. The second-order valence-corrected chi connectivity index (χ2v) is 7.13. The van der Waals surface area contributed by atoms with Gasteiger partial charge in [0.1, 0.15) is 0 Å². The van der Waals surface area contributed by atoms with Crippen LogP contribution in [0, 0.1) is 0 Å². The number of likely N-dealkylation sites (N-methyl/N-ethyl adjacent to an activating group) is 1. The van der Waals surface area contributed by atoms with E-state index in [4.69, 9.17) is 0 Å². The van der Waals surface area contributed by atoms with Crippen LogP contribution in [0.4, 0.5) is 5.69 Å². The Morgan fingerprint density at radius 2 is 2.14 bits per heavy atom. The lowest BCUT2D eigenvalue weighted by Gasteiger charge is -2.22. The summed E-state index contributed by atoms with van der Waals surface area (Å²) in [7, 11) is 2.15. The lowest BCUT2D eigenvalue weighted by Crippen LogP contribution is -2.21. The van der Waals surface area contributed by atoms with Crippen molar-refractivity contribution in [1.82, 2.24) is 5.32 Å². The van der Waals surface area contributed by atoms with Gasteiger partial charge < -0.3 is 10.2 Å². The number of hydrogen-bond donors (Lipinski definition) is 1. The zero-order valence-electron chi connectivity index (χ0n) is 12.9. The van der Waals surface area contributed by atoms with Gasteiger partial charge in [0.25, 0.3) is 0 Å². The molecule has 1 heterocycles. The number of benzene rings is 1. The minimum Gasteiger partial charge on any atom is -0.373 e. The van der Waals surface area contributed by atoms with Crippen LogP contribution in [-0.4, -0.2) is 20.1 Å². The summed E-state index contributed by atoms with van der Waals surface area (Å²) in [5.41, 5.74) is 2.57. The highest BCUT2D eigenvalue weighted by atomic mass is 79.9. The molecule has 2 aromatic rings. The summed E-state index contributed by atoms with van der Waals surface area (Å²) in [6, 6.07) is 11.4. The van der Waals surface area contributed by atoms with Gasteiger partial charge in [0.05, 0.1) is 5.69 Å². The maximum atomic E-state index is 3.72. The van der Waals surface area contributed by atoms with Crippen molar-refractivity contribution in [1.29, 1.82) is 0 Å². The van der Waals surface area contributed by atoms with E-state index >= 15 is 0 Å². The van der Waals surface area contributed by atoms with Crippen molar-refractivity contribution in [2.75, 3.05) is 25.0 Å². The normalized spacial score (nSPS) is 12.4. The summed E-state index contributed by atoms with van der Waals surface area (Å²) >= 11 is 5.55. The summed E-state index contributed by atoms with van der Waals surface area (Å²) in [6.45, 7) is 6.35. The standard InChI is InChI=1S/C17H23BrN2S/c1-4-19-13(2)14-7-8-17(16(18)12-14)20(3)10-9-15-6-5-11-21-15/h5-8,11-13,19H,4,9-10H2,1-3H3. The Labute approximate surface area is 140 Å². The number of nitrogens with zero attached hydrogens (tertiary/aromatic N) is 1. The highest BCUT2D eigenvalue weighted by molar-refractivity contribution is 9.10. The number of rotatable bonds is 7. The van der Waals surface area contributed by atoms with Crippen molar-refractivity contribution in [3.63, 3.8) is 0 Å². The lowest BCUT2D eigenvalue weighted by atomic mass is 10.1. The minimum absolute atomic E-state index is 0.386. The molecule has 1 unspecified atom stereocenters. The summed E-state index contributed by atoms with van der Waals surface area (Å²) in [4.78, 5) is 3.75. The van der Waals surface area contributed by atoms with Gasteiger partial charge in [0.15, 0.2) is 0 Å². The second kappa shape index (κ2) is 7.97. The third-order valence-corrected chi connectivity index (χ3v) is 5.24. The van der Waals surface area contributed by atoms with Gasteiger partial charge in [-0.1, -0.05) is 19.1 Å². The van der Waals surface area contributed by atoms with Crippen LogP contribution < -0.4 is 10.2 Å². The molecule has 1 N–H and O–H groups in total. The molecule has 1 aromatic carbocycles. The van der Waals surface area contributed by atoms with Crippen LogP contribution >= 0.6 is 27.3 Å². The Kier molecular flexibility index (Phi) is 6.27. The minimum atomic E-state index is 0.386. The molecule has 21 heavy (non-hydrogen) atoms. The van der Waals surface area contributed by atoms with E-state index in [0.29, 0.717) is 6.04 Å². The van der Waals surface area contributed by atoms with Crippen molar-refractivity contribution < 1.29 is 0 Å². The van der Waals surface area contributed by atoms with Crippen LogP contribution in [0.15, 0.2) is 40.2 Å². The summed E-state index contributed by atoms with van der Waals surface area (Å²) in [5.74, 6) is 0. The second-order valence-electron chi connectivity index (χ2n) is 5.24. The molecule has 0 spiro atoms. The molecule has 0 bridgehead atoms. The van der Waals surface area contributed by atoms with E-state index in [1.54, 1.807) is 0 Å². The van der Waals surface area contributed by atoms with Crippen molar-refractivity contribution in [3.05, 3.63) is 50.6 Å². The molecule has 2 nitrogen and oxygen atoms in total. The van der Waals surface area contributed by atoms with Crippen LogP contribution in [0.25, 0.3) is 0 Å². The Bertz CT molecular complexity index is 554. The fourth-order valence-electron chi connectivity index (χ4n) is 2.38. The fourth-order valence-corrected chi connectivity index (χ4v) is 3.78. The molecule has 1 atom stereocenters. The number of hydrogen-bond acceptors (Lipinski definition) is 3. The number of anilines is 1. The van der Waals surface area contributed by atoms with Gasteiger partial charge in [-0.25, -0.2) is 0 Å². The molecule has 4 heteroatoms. The number of halogens is 1. The molecular weight excluding hydrogens is 344 g/mol. The quantitative estimate of drug-likeness (QED) is 0.752. The van der Waals surface area contributed by atoms with Crippen LogP contribution in [0.3, 0.4) is 0 Å². The molecule has 0 fully saturated rings. The summed E-state index contributed by atoms with van der Waals surface area (Å²) in [5, 5.41) is 5.59. The largest absolute Gasteiger partial charge is 0.373 e. The maximum Gasteiger partial charge on any atom is 0.0508 e. The zero-order valence-corrected chi connectivity index (χ0v) is 15.3. The van der Waals surface area contributed by atoms with Crippen molar-refractivity contribution in [2.45, 2.75) is 26.3 Å². The van der Waals surface area contributed by atoms with E-state index in [2.05, 4.69) is 82.8 Å². The Morgan fingerprint density at radius 1 is 1.33 bits per heavy atom. The van der Waals surface area contributed by atoms with Gasteiger partial charge in [0, 0.05) is 29.0 Å². The van der Waals surface area contributed by atoms with Crippen LogP contribution in [0.2, 0.25) is 0 Å². The first-order valence-corrected chi connectivity index (χ1v) is 9.05. The van der Waals surface area contributed by atoms with E-state index in [1.165, 1.54) is 20.6 Å². The van der Waals surface area contributed by atoms with E-state index in [9.17, 15) is 0 Å². The van der Waals surface area contributed by atoms with Gasteiger partial charge in [-0.15, -0.1) is 11.3 Å². The molecule has 2 rings (SSSR count). The van der Waals surface area contributed by atoms with Gasteiger partial charge in [-0.2, -0.15) is 0 Å². The van der Waals surface area contributed by atoms with Crippen molar-refractivity contribution in [3.8, 4) is 0 Å². The first kappa shape index (κ1) is 16.5. The van der Waals surface area contributed by atoms with Gasteiger partial charge in [-0.05, 0) is 65.0 Å². The molecule has 0 aliphatic rings. The molecule has 0 saturated carbocycles. The number of nitrogens with one attached hydrogen (secondary N) is 1. The zero-order chi connectivity index (χ0) is 15.2. The lowest BCUT2D eigenvalue weighted by molar-refractivity contribution is 0.598. The van der Waals surface area contributed by atoms with Crippen LogP contribution in [-0.2, 0) is 6.42 Å². The predicted octanol–water partition coefficient (Wildman–Crippen LogP) is 4.86. The van der Waals surface area contributed by atoms with Gasteiger partial charge in [0.2, 0.25) is 0 Å². The molecule has 0 aliphatic carbocycles. The molecule has 0 amide bonds. The highest BCUT2D eigenvalue weighted by Gasteiger charge is 2.10. The Balaban J connectivity index is 2.02. The van der Waals surface area contributed by atoms with Crippen molar-refractivity contribution >= 4 is 33.0 Å². The van der Waals surface area contributed by atoms with E-state index < -0.39 is 0 Å². The monoisotopic (exact) mass is 366 g/mol. The molecule has 0 radical (unpaired) electrons. The average molecular weight is 367 g/mol. The third kappa shape index (κ3) is 4.56. The number of thiophene rings is 1. The maximum absolute atomic E-state index is 3.72. The van der Waals surface area contributed by atoms with Crippen LogP contribution in [0.1, 0.15) is 30.3 Å². The predicted molar refractivity (Wildman–Crippen MR) is 97.5 cm³/mol. The van der Waals surface area contributed by atoms with Crippen LogP contribution in [0.5, 0.6) is 0 Å². The SMILES string of the molecule is CCNC(C)c1ccc(N(C)CCc2cccs2)c(Br)c1. The highest BCUT2D eigenvalue weighted by Crippen LogP contribution is 2.29. The van der Waals surface area contributed by atoms with Crippen molar-refractivity contribution in [2.24, 2.45) is 0 Å². The Morgan fingerprint density at radius 3 is 2.76 bits per heavy atom. The molecular formula is C17H23BrN2S. The van der Waals surface area contributed by atoms with Gasteiger partial charge in [-0.3, -0.25) is 0 Å². The van der Waals surface area contributed by atoms with E-state index in [-0.39, 0.29) is 0 Å². The Hall–Kier alpha value is -0.840. The molecule has 114 valence electrons. The first-order valence-electron chi connectivity index (χ1n) is 7.38. The average Bonchev–Trinajstić information content (AvgIpc) is 2.98. The smallest absolute Gasteiger partial charge is 0.0508 e. The molecule has 0 aliphatic heterocycles.